The van der Waals surface area contributed by atoms with E-state index in [2.05, 4.69) is 48.6 Å². The number of benzene rings is 1. The highest BCUT2D eigenvalue weighted by Crippen LogP contribution is 2.21. The van der Waals surface area contributed by atoms with Gasteiger partial charge >= 0.3 is 0 Å². The molecule has 30 heavy (non-hydrogen) atoms. The Labute approximate surface area is 178 Å². The molecule has 0 radical (unpaired) electrons. The van der Waals surface area contributed by atoms with Crippen molar-refractivity contribution in [2.24, 2.45) is 5.92 Å². The summed E-state index contributed by atoms with van der Waals surface area (Å²) >= 11 is 0. The van der Waals surface area contributed by atoms with Gasteiger partial charge in [-0.2, -0.15) is 5.26 Å². The second-order valence-electron chi connectivity index (χ2n) is 7.48. The number of aromatic nitrogens is 1. The Hall–Kier alpha value is -3.54. The molecular weight excluding hydrogens is 372 g/mol. The molecule has 5 heteroatoms. The van der Waals surface area contributed by atoms with E-state index in [0.717, 1.165) is 24.4 Å². The van der Waals surface area contributed by atoms with E-state index in [4.69, 9.17) is 4.84 Å². The number of hydroxylamine groups is 2. The molecule has 0 unspecified atom stereocenters. The molecule has 2 aromatic rings. The van der Waals surface area contributed by atoms with Crippen LogP contribution in [0.2, 0.25) is 0 Å². The smallest absolute Gasteiger partial charge is 0.147 e. The first-order valence-electron chi connectivity index (χ1n) is 10.1. The Morgan fingerprint density at radius 1 is 1.17 bits per heavy atom. The first-order chi connectivity index (χ1) is 14.5. The van der Waals surface area contributed by atoms with Crippen LogP contribution in [0.25, 0.3) is 0 Å². The zero-order chi connectivity index (χ0) is 21.3. The molecule has 1 N–H and O–H groups in total. The van der Waals surface area contributed by atoms with Gasteiger partial charge in [-0.1, -0.05) is 38.3 Å². The van der Waals surface area contributed by atoms with Crippen molar-refractivity contribution in [3.8, 4) is 23.7 Å². The van der Waals surface area contributed by atoms with E-state index in [0.29, 0.717) is 28.4 Å². The van der Waals surface area contributed by atoms with Crippen LogP contribution in [0.1, 0.15) is 43.4 Å². The van der Waals surface area contributed by atoms with Crippen molar-refractivity contribution in [1.29, 1.82) is 5.26 Å². The molecule has 3 rings (SSSR count). The molecular formula is C25H26N4O. The molecule has 0 aliphatic carbocycles. The first kappa shape index (κ1) is 21.2. The summed E-state index contributed by atoms with van der Waals surface area (Å²) in [6.45, 7) is 10.1. The summed E-state index contributed by atoms with van der Waals surface area (Å²) in [6, 6.07) is 9.86. The highest BCUT2D eigenvalue weighted by Gasteiger charge is 2.13. The molecule has 1 aromatic carbocycles. The number of allylic oxidation sites excluding steroid dienone is 2. The monoisotopic (exact) mass is 398 g/mol. The fourth-order valence-electron chi connectivity index (χ4n) is 2.95. The normalized spacial score (nSPS) is 13.7. The van der Waals surface area contributed by atoms with Gasteiger partial charge in [0, 0.05) is 36.7 Å². The minimum atomic E-state index is 0.410. The van der Waals surface area contributed by atoms with Gasteiger partial charge in [-0.25, -0.2) is 0 Å². The summed E-state index contributed by atoms with van der Waals surface area (Å²) in [5.41, 5.74) is 3.24. The lowest BCUT2D eigenvalue weighted by molar-refractivity contribution is -0.0346. The number of pyridine rings is 1. The van der Waals surface area contributed by atoms with Crippen molar-refractivity contribution >= 4 is 5.69 Å². The maximum Gasteiger partial charge on any atom is 0.147 e. The van der Waals surface area contributed by atoms with Gasteiger partial charge in [0.25, 0.3) is 0 Å². The lowest BCUT2D eigenvalue weighted by Crippen LogP contribution is -2.23. The third-order valence-corrected chi connectivity index (χ3v) is 4.53. The molecule has 0 spiro atoms. The van der Waals surface area contributed by atoms with Crippen molar-refractivity contribution in [2.45, 2.75) is 26.7 Å². The Bertz CT molecular complexity index is 1010. The van der Waals surface area contributed by atoms with Crippen molar-refractivity contribution in [1.82, 2.24) is 10.0 Å². The Morgan fingerprint density at radius 2 is 1.87 bits per heavy atom. The van der Waals surface area contributed by atoms with Gasteiger partial charge in [0.1, 0.15) is 11.8 Å². The van der Waals surface area contributed by atoms with Gasteiger partial charge < -0.3 is 10.2 Å². The van der Waals surface area contributed by atoms with Gasteiger partial charge in [-0.15, -0.1) is 5.06 Å². The summed E-state index contributed by atoms with van der Waals surface area (Å²) in [4.78, 5) is 9.98. The minimum absolute atomic E-state index is 0.410. The molecule has 152 valence electrons. The minimum Gasteiger partial charge on any atom is -0.406 e. The zero-order valence-electron chi connectivity index (χ0n) is 17.5. The Kier molecular flexibility index (Phi) is 7.27. The summed E-state index contributed by atoms with van der Waals surface area (Å²) in [6.07, 6.45) is 9.48. The van der Waals surface area contributed by atoms with Crippen molar-refractivity contribution < 1.29 is 4.84 Å². The molecule has 0 atom stereocenters. The molecule has 1 aliphatic rings. The summed E-state index contributed by atoms with van der Waals surface area (Å²) in [7, 11) is 0. The van der Waals surface area contributed by atoms with E-state index < -0.39 is 0 Å². The van der Waals surface area contributed by atoms with Gasteiger partial charge in [-0.3, -0.25) is 4.98 Å². The Balaban J connectivity index is 1.77. The van der Waals surface area contributed by atoms with Gasteiger partial charge in [0.15, 0.2) is 0 Å². The number of anilines is 1. The van der Waals surface area contributed by atoms with Crippen LogP contribution in [0.5, 0.6) is 5.75 Å². The number of rotatable bonds is 6. The van der Waals surface area contributed by atoms with Crippen LogP contribution in [0.15, 0.2) is 61.1 Å². The van der Waals surface area contributed by atoms with Crippen molar-refractivity contribution in [3.63, 3.8) is 0 Å². The average molecular weight is 399 g/mol. The quantitative estimate of drug-likeness (QED) is 0.555. The van der Waals surface area contributed by atoms with Crippen LogP contribution in [0.3, 0.4) is 0 Å². The van der Waals surface area contributed by atoms with E-state index in [9.17, 15) is 5.26 Å². The van der Waals surface area contributed by atoms with Crippen LogP contribution in [0, 0.1) is 29.1 Å². The fraction of sp³-hybridized carbons (Fsp3) is 0.280. The number of nitrogens with zero attached hydrogens (tertiary/aromatic N) is 3. The molecule has 5 nitrogen and oxygen atoms in total. The molecule has 0 bridgehead atoms. The van der Waals surface area contributed by atoms with Gasteiger partial charge in [0.05, 0.1) is 16.8 Å². The number of nitriles is 1. The standard InChI is InChI=1S/C25H26N4O/c1-19(2)6-7-20(3)28-25-22(17-27-18-23(25)16-26)11-8-21-9-12-24(13-10-21)30-29-14-4-5-15-29/h6-7,9-10,12-13,17-19H,3-5,14-15H2,1-2H3,(H,27,28)/b7-6-. The van der Waals surface area contributed by atoms with E-state index >= 15 is 0 Å². The lowest BCUT2D eigenvalue weighted by Gasteiger charge is -2.15. The SMILES string of the molecule is C=C(/C=C\C(C)C)Nc1c(C#N)cncc1C#Cc1ccc(ON2CCCC2)cc1. The summed E-state index contributed by atoms with van der Waals surface area (Å²) in [5, 5.41) is 14.6. The van der Waals surface area contributed by atoms with Gasteiger partial charge in [0.2, 0.25) is 0 Å². The van der Waals surface area contributed by atoms with Crippen LogP contribution >= 0.6 is 0 Å². The topological polar surface area (TPSA) is 61.2 Å². The molecule has 0 amide bonds. The third kappa shape index (κ3) is 5.98. The van der Waals surface area contributed by atoms with Crippen molar-refractivity contribution in [2.75, 3.05) is 18.4 Å². The average Bonchev–Trinajstić information content (AvgIpc) is 3.25. The fourth-order valence-corrected chi connectivity index (χ4v) is 2.95. The highest BCUT2D eigenvalue weighted by molar-refractivity contribution is 5.69. The largest absolute Gasteiger partial charge is 0.406 e. The maximum absolute atomic E-state index is 9.46. The molecule has 0 saturated carbocycles. The van der Waals surface area contributed by atoms with E-state index in [-0.39, 0.29) is 0 Å². The van der Waals surface area contributed by atoms with E-state index in [1.165, 1.54) is 19.0 Å². The van der Waals surface area contributed by atoms with Crippen molar-refractivity contribution in [3.05, 3.63) is 77.8 Å². The third-order valence-electron chi connectivity index (χ3n) is 4.53. The lowest BCUT2D eigenvalue weighted by atomic mass is 10.1. The summed E-state index contributed by atoms with van der Waals surface area (Å²) < 4.78 is 0. The van der Waals surface area contributed by atoms with E-state index in [1.54, 1.807) is 6.20 Å². The number of hydrogen-bond donors (Lipinski definition) is 1. The first-order valence-corrected chi connectivity index (χ1v) is 10.1. The number of nitrogens with one attached hydrogen (secondary N) is 1. The highest BCUT2D eigenvalue weighted by atomic mass is 16.7. The second kappa shape index (κ2) is 10.3. The predicted molar refractivity (Wildman–Crippen MR) is 120 cm³/mol. The molecule has 2 heterocycles. The zero-order valence-corrected chi connectivity index (χ0v) is 17.5. The second-order valence-corrected chi connectivity index (χ2v) is 7.48. The van der Waals surface area contributed by atoms with E-state index in [1.807, 2.05) is 41.5 Å². The number of hydrogen-bond acceptors (Lipinski definition) is 5. The molecule has 1 aromatic heterocycles. The maximum atomic E-state index is 9.46. The summed E-state index contributed by atoms with van der Waals surface area (Å²) in [5.74, 6) is 7.49. The van der Waals surface area contributed by atoms with Crippen LogP contribution in [-0.4, -0.2) is 23.1 Å². The van der Waals surface area contributed by atoms with Gasteiger partial charge in [-0.05, 0) is 49.1 Å². The molecule has 1 saturated heterocycles. The predicted octanol–water partition coefficient (Wildman–Crippen LogP) is 4.88. The molecule has 1 fully saturated rings. The van der Waals surface area contributed by atoms with Crippen LogP contribution in [0.4, 0.5) is 5.69 Å². The Morgan fingerprint density at radius 3 is 2.53 bits per heavy atom. The molecule has 1 aliphatic heterocycles. The van der Waals surface area contributed by atoms with Crippen LogP contribution < -0.4 is 10.2 Å². The van der Waals surface area contributed by atoms with Crippen LogP contribution in [-0.2, 0) is 0 Å².